The lowest BCUT2D eigenvalue weighted by Crippen LogP contribution is -2.18. The van der Waals surface area contributed by atoms with Crippen LogP contribution in [0.4, 0.5) is 0 Å². The van der Waals surface area contributed by atoms with Crippen molar-refractivity contribution in [2.75, 3.05) is 6.61 Å². The second-order valence-corrected chi connectivity index (χ2v) is 7.15. The van der Waals surface area contributed by atoms with E-state index in [1.54, 1.807) is 19.9 Å². The minimum absolute atomic E-state index is 0.00114. The maximum atomic E-state index is 12.1. The SMILES string of the molecule is C=C(C)C(=O)OCC.C=C(C=C(C)c1ccccc1)C(=O)OC(CC)CCCCC. The molecule has 4 nitrogen and oxygen atoms in total. The van der Waals surface area contributed by atoms with Gasteiger partial charge >= 0.3 is 11.9 Å². The Kier molecular flexibility index (Phi) is 14.8. The Morgan fingerprint density at radius 3 is 2.10 bits per heavy atom. The molecule has 4 heteroatoms. The number of carbonyl (C=O) groups excluding carboxylic acids is 2. The zero-order chi connectivity index (χ0) is 22.9. The molecule has 0 N–H and O–H groups in total. The lowest BCUT2D eigenvalue weighted by atomic mass is 10.1. The van der Waals surface area contributed by atoms with Gasteiger partial charge in [0.25, 0.3) is 0 Å². The van der Waals surface area contributed by atoms with Crippen molar-refractivity contribution in [2.45, 2.75) is 72.8 Å². The van der Waals surface area contributed by atoms with E-state index < -0.39 is 0 Å². The molecule has 0 amide bonds. The Labute approximate surface area is 182 Å². The number of carbonyl (C=O) groups is 2. The van der Waals surface area contributed by atoms with Crippen LogP contribution in [-0.4, -0.2) is 24.6 Å². The molecule has 0 saturated carbocycles. The van der Waals surface area contributed by atoms with Gasteiger partial charge in [-0.3, -0.25) is 0 Å². The van der Waals surface area contributed by atoms with E-state index in [2.05, 4.69) is 31.7 Å². The quantitative estimate of drug-likeness (QED) is 0.175. The van der Waals surface area contributed by atoms with E-state index in [0.717, 1.165) is 30.4 Å². The van der Waals surface area contributed by atoms with Gasteiger partial charge in [-0.05, 0) is 57.2 Å². The smallest absolute Gasteiger partial charge is 0.337 e. The maximum absolute atomic E-state index is 12.1. The third kappa shape index (κ3) is 12.1. The lowest BCUT2D eigenvalue weighted by Gasteiger charge is -2.16. The summed E-state index contributed by atoms with van der Waals surface area (Å²) in [5.74, 6) is -0.619. The third-order valence-electron chi connectivity index (χ3n) is 4.36. The van der Waals surface area contributed by atoms with Crippen molar-refractivity contribution in [3.63, 3.8) is 0 Å². The number of ether oxygens (including phenoxy) is 2. The highest BCUT2D eigenvalue weighted by molar-refractivity contribution is 5.93. The first kappa shape index (κ1) is 27.4. The second kappa shape index (κ2) is 16.2. The van der Waals surface area contributed by atoms with Crippen LogP contribution >= 0.6 is 0 Å². The number of hydrogen-bond acceptors (Lipinski definition) is 4. The summed E-state index contributed by atoms with van der Waals surface area (Å²) >= 11 is 0. The van der Waals surface area contributed by atoms with Crippen molar-refractivity contribution in [3.8, 4) is 0 Å². The summed E-state index contributed by atoms with van der Waals surface area (Å²) in [5, 5.41) is 0. The molecule has 0 aromatic heterocycles. The first-order valence-corrected chi connectivity index (χ1v) is 10.7. The van der Waals surface area contributed by atoms with E-state index in [4.69, 9.17) is 4.74 Å². The number of allylic oxidation sites excluding steroid dienone is 1. The van der Waals surface area contributed by atoms with Crippen molar-refractivity contribution in [2.24, 2.45) is 0 Å². The molecule has 30 heavy (non-hydrogen) atoms. The molecule has 1 atom stereocenters. The van der Waals surface area contributed by atoms with Crippen LogP contribution in [-0.2, 0) is 19.1 Å². The van der Waals surface area contributed by atoms with Crippen molar-refractivity contribution in [1.29, 1.82) is 0 Å². The zero-order valence-electron chi connectivity index (χ0n) is 19.3. The molecule has 0 saturated heterocycles. The van der Waals surface area contributed by atoms with Gasteiger partial charge in [0.05, 0.1) is 12.2 Å². The Balaban J connectivity index is 0.000000890. The fraction of sp³-hybridized carbons (Fsp3) is 0.462. The minimum atomic E-state index is -0.312. The number of esters is 2. The minimum Gasteiger partial charge on any atom is -0.463 e. The van der Waals surface area contributed by atoms with Crippen LogP contribution in [0.2, 0.25) is 0 Å². The van der Waals surface area contributed by atoms with E-state index in [0.29, 0.717) is 17.8 Å². The maximum Gasteiger partial charge on any atom is 0.337 e. The summed E-state index contributed by atoms with van der Waals surface area (Å²) in [4.78, 5) is 22.6. The highest BCUT2D eigenvalue weighted by Gasteiger charge is 2.14. The first-order valence-electron chi connectivity index (χ1n) is 10.7. The van der Waals surface area contributed by atoms with Crippen molar-refractivity contribution < 1.29 is 19.1 Å². The molecule has 0 heterocycles. The van der Waals surface area contributed by atoms with E-state index >= 15 is 0 Å². The molecule has 0 aliphatic heterocycles. The van der Waals surface area contributed by atoms with Crippen molar-refractivity contribution in [1.82, 2.24) is 0 Å². The van der Waals surface area contributed by atoms with Gasteiger partial charge in [0.15, 0.2) is 0 Å². The van der Waals surface area contributed by atoms with E-state index in [1.165, 1.54) is 12.8 Å². The monoisotopic (exact) mass is 414 g/mol. The molecule has 1 aromatic rings. The average molecular weight is 415 g/mol. The predicted octanol–water partition coefficient (Wildman–Crippen LogP) is 6.67. The molecule has 1 unspecified atom stereocenters. The van der Waals surface area contributed by atoms with E-state index in [-0.39, 0.29) is 18.0 Å². The van der Waals surface area contributed by atoms with Crippen molar-refractivity contribution in [3.05, 3.63) is 66.3 Å². The Hall–Kier alpha value is -2.62. The topological polar surface area (TPSA) is 52.6 Å². The second-order valence-electron chi connectivity index (χ2n) is 7.15. The van der Waals surface area contributed by atoms with E-state index in [9.17, 15) is 9.59 Å². The Morgan fingerprint density at radius 2 is 1.63 bits per heavy atom. The van der Waals surface area contributed by atoms with Crippen LogP contribution in [0.3, 0.4) is 0 Å². The normalized spacial score (nSPS) is 11.6. The van der Waals surface area contributed by atoms with Gasteiger partial charge in [-0.2, -0.15) is 0 Å². The average Bonchev–Trinajstić information content (AvgIpc) is 2.74. The fourth-order valence-electron chi connectivity index (χ4n) is 2.55. The van der Waals surface area contributed by atoms with Crippen LogP contribution in [0.5, 0.6) is 0 Å². The summed E-state index contributed by atoms with van der Waals surface area (Å²) in [6, 6.07) is 9.97. The molecule has 166 valence electrons. The Bertz CT molecular complexity index is 701. The standard InChI is InChI=1S/C20H28O2.C6H10O2/c1-5-7-9-14-19(6-2)22-20(21)17(4)15-16(3)18-12-10-8-11-13-18;1-4-8-6(7)5(2)3/h8,10-13,15,19H,4-7,9,14H2,1-3H3;2,4H2,1,3H3. The van der Waals surface area contributed by atoms with Crippen LogP contribution in [0.15, 0.2) is 60.7 Å². The number of unbranched alkanes of at least 4 members (excludes halogenated alkanes) is 2. The van der Waals surface area contributed by atoms with Crippen LogP contribution < -0.4 is 0 Å². The first-order chi connectivity index (χ1) is 14.3. The molecular formula is C26H38O4. The van der Waals surface area contributed by atoms with Crippen LogP contribution in [0, 0.1) is 0 Å². The van der Waals surface area contributed by atoms with E-state index in [1.807, 2.05) is 37.3 Å². The molecule has 0 aliphatic rings. The van der Waals surface area contributed by atoms with Gasteiger partial charge in [-0.15, -0.1) is 0 Å². The summed E-state index contributed by atoms with van der Waals surface area (Å²) in [6.07, 6.45) is 7.05. The highest BCUT2D eigenvalue weighted by atomic mass is 16.5. The van der Waals surface area contributed by atoms with Gasteiger partial charge in [0.2, 0.25) is 0 Å². The number of hydrogen-bond donors (Lipinski definition) is 0. The molecule has 1 rings (SSSR count). The predicted molar refractivity (Wildman–Crippen MR) is 125 cm³/mol. The molecular weight excluding hydrogens is 376 g/mol. The number of benzene rings is 1. The molecule has 0 bridgehead atoms. The van der Waals surface area contributed by atoms with Gasteiger partial charge in [-0.1, -0.05) is 70.2 Å². The zero-order valence-corrected chi connectivity index (χ0v) is 19.3. The molecule has 0 fully saturated rings. The molecule has 0 aliphatic carbocycles. The summed E-state index contributed by atoms with van der Waals surface area (Å²) in [5.41, 5.74) is 2.97. The third-order valence-corrected chi connectivity index (χ3v) is 4.36. The molecule has 0 radical (unpaired) electrons. The van der Waals surface area contributed by atoms with Gasteiger partial charge in [0.1, 0.15) is 6.10 Å². The van der Waals surface area contributed by atoms with Crippen LogP contribution in [0.25, 0.3) is 5.57 Å². The largest absolute Gasteiger partial charge is 0.463 e. The van der Waals surface area contributed by atoms with Crippen LogP contribution in [0.1, 0.15) is 72.3 Å². The summed E-state index contributed by atoms with van der Waals surface area (Å²) in [7, 11) is 0. The molecule has 0 spiro atoms. The fourth-order valence-corrected chi connectivity index (χ4v) is 2.55. The highest BCUT2D eigenvalue weighted by Crippen LogP contribution is 2.17. The van der Waals surface area contributed by atoms with Gasteiger partial charge < -0.3 is 9.47 Å². The molecule has 1 aromatic carbocycles. The lowest BCUT2D eigenvalue weighted by molar-refractivity contribution is -0.144. The van der Waals surface area contributed by atoms with Gasteiger partial charge in [-0.25, -0.2) is 9.59 Å². The number of rotatable bonds is 11. The Morgan fingerprint density at radius 1 is 1.00 bits per heavy atom. The summed E-state index contributed by atoms with van der Waals surface area (Å²) < 4.78 is 10.1. The van der Waals surface area contributed by atoms with Gasteiger partial charge in [0, 0.05) is 5.57 Å². The summed E-state index contributed by atoms with van der Waals surface area (Å²) in [6.45, 7) is 17.3. The van der Waals surface area contributed by atoms with Crippen molar-refractivity contribution >= 4 is 17.5 Å².